The number of nitro benzene ring substituents is 1. The van der Waals surface area contributed by atoms with Crippen molar-refractivity contribution in [3.05, 3.63) is 39.2 Å². The fourth-order valence-corrected chi connectivity index (χ4v) is 2.52. The van der Waals surface area contributed by atoms with Crippen molar-refractivity contribution in [2.24, 2.45) is 0 Å². The lowest BCUT2D eigenvalue weighted by Crippen LogP contribution is -1.87. The molecule has 3 rings (SSSR count). The van der Waals surface area contributed by atoms with E-state index >= 15 is 0 Å². The molecule has 1 heterocycles. The molecule has 8 heteroatoms. The third-order valence-electron chi connectivity index (χ3n) is 2.67. The van der Waals surface area contributed by atoms with Gasteiger partial charge < -0.3 is 4.42 Å². The summed E-state index contributed by atoms with van der Waals surface area (Å²) in [5.74, 6) is 1.05. The van der Waals surface area contributed by atoms with Gasteiger partial charge in [-0.15, -0.1) is 10.2 Å². The third kappa shape index (κ3) is 2.71. The van der Waals surface area contributed by atoms with Crippen LogP contribution in [-0.4, -0.2) is 15.1 Å². The molecule has 19 heavy (non-hydrogen) atoms. The average molecular weight is 298 g/mol. The van der Waals surface area contributed by atoms with E-state index in [-0.39, 0.29) is 5.69 Å². The number of nitro groups is 1. The molecule has 98 valence electrons. The van der Waals surface area contributed by atoms with Crippen LogP contribution in [0, 0.1) is 10.1 Å². The Bertz CT molecular complexity index is 642. The predicted octanol–water partition coefficient (Wildman–Crippen LogP) is 3.66. The van der Waals surface area contributed by atoms with Gasteiger partial charge in [0.1, 0.15) is 0 Å². The van der Waals surface area contributed by atoms with Gasteiger partial charge in [0, 0.05) is 22.9 Å². The summed E-state index contributed by atoms with van der Waals surface area (Å²) in [6.07, 6.45) is 2.18. The number of halogens is 1. The van der Waals surface area contributed by atoms with Crippen molar-refractivity contribution in [1.82, 2.24) is 10.2 Å². The molecule has 0 aliphatic heterocycles. The van der Waals surface area contributed by atoms with Gasteiger partial charge in [-0.05, 0) is 30.7 Å². The van der Waals surface area contributed by atoms with Crippen LogP contribution >= 0.6 is 23.4 Å². The van der Waals surface area contributed by atoms with Gasteiger partial charge in [0.05, 0.1) is 9.95 Å². The maximum atomic E-state index is 10.6. The van der Waals surface area contributed by atoms with Crippen LogP contribution in [0.2, 0.25) is 5.02 Å². The molecule has 1 aliphatic carbocycles. The van der Waals surface area contributed by atoms with E-state index < -0.39 is 4.92 Å². The Morgan fingerprint density at radius 2 is 2.21 bits per heavy atom. The first-order valence-electron chi connectivity index (χ1n) is 5.58. The second kappa shape index (κ2) is 4.82. The van der Waals surface area contributed by atoms with Crippen LogP contribution in [-0.2, 0) is 0 Å². The van der Waals surface area contributed by atoms with E-state index in [1.54, 1.807) is 6.07 Å². The topological polar surface area (TPSA) is 82.1 Å². The van der Waals surface area contributed by atoms with E-state index in [1.807, 2.05) is 0 Å². The normalized spacial score (nSPS) is 14.6. The number of hydrogen-bond acceptors (Lipinski definition) is 6. The fraction of sp³-hybridized carbons (Fsp3) is 0.273. The van der Waals surface area contributed by atoms with Crippen LogP contribution in [0.5, 0.6) is 0 Å². The SMILES string of the molecule is O=[N+]([O-])c1ccc(Sc2nnc(C3CC3)o2)c(Cl)c1. The molecule has 0 amide bonds. The van der Waals surface area contributed by atoms with Gasteiger partial charge in [-0.3, -0.25) is 10.1 Å². The molecule has 1 aromatic heterocycles. The molecule has 0 atom stereocenters. The van der Waals surface area contributed by atoms with E-state index in [2.05, 4.69) is 10.2 Å². The largest absolute Gasteiger partial charge is 0.415 e. The van der Waals surface area contributed by atoms with Gasteiger partial charge in [0.25, 0.3) is 10.9 Å². The van der Waals surface area contributed by atoms with Gasteiger partial charge in [-0.25, -0.2) is 0 Å². The van der Waals surface area contributed by atoms with Crippen molar-refractivity contribution in [2.75, 3.05) is 0 Å². The highest BCUT2D eigenvalue weighted by atomic mass is 35.5. The molecule has 0 N–H and O–H groups in total. The van der Waals surface area contributed by atoms with Crippen molar-refractivity contribution in [3.63, 3.8) is 0 Å². The molecule has 1 aromatic carbocycles. The molecule has 0 bridgehead atoms. The van der Waals surface area contributed by atoms with Crippen molar-refractivity contribution >= 4 is 29.1 Å². The van der Waals surface area contributed by atoms with Crippen molar-refractivity contribution in [1.29, 1.82) is 0 Å². The first kappa shape index (κ1) is 12.4. The summed E-state index contributed by atoms with van der Waals surface area (Å²) in [5.41, 5.74) is -0.0430. The van der Waals surface area contributed by atoms with Crippen molar-refractivity contribution in [3.8, 4) is 0 Å². The number of hydrogen-bond donors (Lipinski definition) is 0. The molecule has 1 fully saturated rings. The van der Waals surface area contributed by atoms with Crippen LogP contribution < -0.4 is 0 Å². The molecule has 6 nitrogen and oxygen atoms in total. The highest BCUT2D eigenvalue weighted by molar-refractivity contribution is 7.99. The fourth-order valence-electron chi connectivity index (χ4n) is 1.54. The van der Waals surface area contributed by atoms with Crippen LogP contribution in [0.25, 0.3) is 0 Å². The lowest BCUT2D eigenvalue weighted by atomic mass is 10.3. The number of non-ortho nitro benzene ring substituents is 1. The van der Waals surface area contributed by atoms with Gasteiger partial charge in [0.15, 0.2) is 0 Å². The summed E-state index contributed by atoms with van der Waals surface area (Å²) < 4.78 is 5.49. The quantitative estimate of drug-likeness (QED) is 0.632. The maximum Gasteiger partial charge on any atom is 0.281 e. The van der Waals surface area contributed by atoms with Crippen LogP contribution in [0.3, 0.4) is 0 Å². The smallest absolute Gasteiger partial charge is 0.281 e. The zero-order valence-electron chi connectivity index (χ0n) is 9.58. The van der Waals surface area contributed by atoms with Gasteiger partial charge in [-0.1, -0.05) is 11.6 Å². The number of nitrogens with zero attached hydrogens (tertiary/aromatic N) is 3. The van der Waals surface area contributed by atoms with Gasteiger partial charge >= 0.3 is 0 Å². The molecule has 0 radical (unpaired) electrons. The van der Waals surface area contributed by atoms with Crippen molar-refractivity contribution < 1.29 is 9.34 Å². The lowest BCUT2D eigenvalue weighted by Gasteiger charge is -1.99. The third-order valence-corrected chi connectivity index (χ3v) is 4.01. The van der Waals surface area contributed by atoms with Crippen LogP contribution in [0.4, 0.5) is 5.69 Å². The van der Waals surface area contributed by atoms with Gasteiger partial charge in [-0.2, -0.15) is 0 Å². The number of aromatic nitrogens is 2. The maximum absolute atomic E-state index is 10.6. The molecule has 0 spiro atoms. The minimum atomic E-state index is -0.488. The Kier molecular flexibility index (Phi) is 3.16. The molecule has 2 aromatic rings. The second-order valence-corrected chi connectivity index (χ2v) is 5.55. The summed E-state index contributed by atoms with van der Waals surface area (Å²) in [6.45, 7) is 0. The summed E-state index contributed by atoms with van der Waals surface area (Å²) in [4.78, 5) is 10.8. The van der Waals surface area contributed by atoms with E-state index in [1.165, 1.54) is 23.9 Å². The minimum Gasteiger partial charge on any atom is -0.415 e. The Labute approximate surface area is 117 Å². The molecular weight excluding hydrogens is 290 g/mol. The molecule has 0 saturated heterocycles. The van der Waals surface area contributed by atoms with E-state index in [4.69, 9.17) is 16.0 Å². The van der Waals surface area contributed by atoms with E-state index in [0.717, 1.165) is 12.8 Å². The summed E-state index contributed by atoms with van der Waals surface area (Å²) in [6, 6.07) is 4.28. The lowest BCUT2D eigenvalue weighted by molar-refractivity contribution is -0.384. The Morgan fingerprint density at radius 3 is 2.84 bits per heavy atom. The summed E-state index contributed by atoms with van der Waals surface area (Å²) in [7, 11) is 0. The first-order chi connectivity index (χ1) is 9.13. The monoisotopic (exact) mass is 297 g/mol. The molecule has 1 aliphatic rings. The number of rotatable bonds is 4. The highest BCUT2D eigenvalue weighted by Crippen LogP contribution is 2.41. The van der Waals surface area contributed by atoms with E-state index in [9.17, 15) is 10.1 Å². The first-order valence-corrected chi connectivity index (χ1v) is 6.78. The van der Waals surface area contributed by atoms with Crippen LogP contribution in [0.15, 0.2) is 32.7 Å². The van der Waals surface area contributed by atoms with E-state index in [0.29, 0.717) is 26.9 Å². The standard InChI is InChI=1S/C11H8ClN3O3S/c12-8-5-7(15(16)17)3-4-9(8)19-11-14-13-10(18-11)6-1-2-6/h3-6H,1-2H2. The highest BCUT2D eigenvalue weighted by Gasteiger charge is 2.29. The van der Waals surface area contributed by atoms with Crippen molar-refractivity contribution in [2.45, 2.75) is 28.9 Å². The summed E-state index contributed by atoms with van der Waals surface area (Å²) in [5, 5.41) is 19.2. The predicted molar refractivity (Wildman–Crippen MR) is 68.5 cm³/mol. The number of benzene rings is 1. The molecule has 1 saturated carbocycles. The molecular formula is C11H8ClN3O3S. The Hall–Kier alpha value is -1.60. The Balaban J connectivity index is 1.79. The van der Waals surface area contributed by atoms with Gasteiger partial charge in [0.2, 0.25) is 5.89 Å². The zero-order chi connectivity index (χ0) is 13.4. The average Bonchev–Trinajstić information content (AvgIpc) is 3.12. The van der Waals surface area contributed by atoms with Crippen LogP contribution in [0.1, 0.15) is 24.7 Å². The Morgan fingerprint density at radius 1 is 1.42 bits per heavy atom. The second-order valence-electron chi connectivity index (χ2n) is 4.15. The summed E-state index contributed by atoms with van der Waals surface area (Å²) >= 11 is 7.20. The minimum absolute atomic E-state index is 0.0430. The zero-order valence-corrected chi connectivity index (χ0v) is 11.1. The molecule has 0 unspecified atom stereocenters.